The molecule has 1 aromatic rings. The van der Waals surface area contributed by atoms with Crippen molar-refractivity contribution in [1.82, 2.24) is 9.97 Å². The van der Waals surface area contributed by atoms with Gasteiger partial charge in [0.25, 0.3) is 5.92 Å². The molecule has 0 amide bonds. The van der Waals surface area contributed by atoms with Gasteiger partial charge in [0.05, 0.1) is 12.2 Å². The Balaban J connectivity index is 2.75. The molecule has 0 aliphatic rings. The van der Waals surface area contributed by atoms with Gasteiger partial charge in [-0.15, -0.1) is 0 Å². The zero-order valence-electron chi connectivity index (χ0n) is 8.67. The van der Waals surface area contributed by atoms with E-state index in [9.17, 15) is 13.2 Å². The van der Waals surface area contributed by atoms with Crippen LogP contribution in [0.3, 0.4) is 0 Å². The van der Waals surface area contributed by atoms with Crippen LogP contribution in [0.5, 0.6) is 0 Å². The molecule has 0 radical (unpaired) electrons. The van der Waals surface area contributed by atoms with E-state index in [2.05, 4.69) is 15.3 Å². The van der Waals surface area contributed by atoms with E-state index in [-0.39, 0.29) is 11.5 Å². The highest BCUT2D eigenvalue weighted by atomic mass is 19.3. The van der Waals surface area contributed by atoms with Crippen LogP contribution in [-0.4, -0.2) is 34.1 Å². The highest BCUT2D eigenvalue weighted by molar-refractivity contribution is 5.37. The van der Waals surface area contributed by atoms with Gasteiger partial charge in [0.15, 0.2) is 11.6 Å². The Hall–Kier alpha value is -1.37. The molecule has 16 heavy (non-hydrogen) atoms. The summed E-state index contributed by atoms with van der Waals surface area (Å²) in [5, 5.41) is 10.5. The summed E-state index contributed by atoms with van der Waals surface area (Å²) in [7, 11) is 0. The van der Waals surface area contributed by atoms with E-state index >= 15 is 0 Å². The minimum absolute atomic E-state index is 0.157. The van der Waals surface area contributed by atoms with Crippen LogP contribution in [0.1, 0.15) is 12.6 Å². The molecule has 0 fully saturated rings. The lowest BCUT2D eigenvalue weighted by atomic mass is 10.3. The maximum atomic E-state index is 13.5. The summed E-state index contributed by atoms with van der Waals surface area (Å²) in [5.41, 5.74) is 0.157. The van der Waals surface area contributed by atoms with Crippen LogP contribution in [0.15, 0.2) is 6.33 Å². The second-order valence-electron chi connectivity index (χ2n) is 3.20. The van der Waals surface area contributed by atoms with E-state index in [1.807, 2.05) is 0 Å². The van der Waals surface area contributed by atoms with Crippen molar-refractivity contribution >= 4 is 5.82 Å². The Labute approximate surface area is 90.5 Å². The van der Waals surface area contributed by atoms with Gasteiger partial charge in [-0.25, -0.2) is 23.1 Å². The number of alkyl halides is 2. The maximum absolute atomic E-state index is 13.5. The third-order valence-electron chi connectivity index (χ3n) is 1.94. The Morgan fingerprint density at radius 3 is 2.69 bits per heavy atom. The molecule has 0 bridgehead atoms. The van der Waals surface area contributed by atoms with Gasteiger partial charge in [-0.1, -0.05) is 6.92 Å². The van der Waals surface area contributed by atoms with Gasteiger partial charge >= 0.3 is 0 Å². The highest BCUT2D eigenvalue weighted by Crippen LogP contribution is 2.17. The van der Waals surface area contributed by atoms with Crippen LogP contribution in [-0.2, 0) is 6.42 Å². The summed E-state index contributed by atoms with van der Waals surface area (Å²) >= 11 is 0. The number of aryl methyl sites for hydroxylation is 1. The van der Waals surface area contributed by atoms with Gasteiger partial charge in [-0.3, -0.25) is 0 Å². The summed E-state index contributed by atoms with van der Waals surface area (Å²) in [5.74, 6) is -4.32. The maximum Gasteiger partial charge on any atom is 0.287 e. The number of anilines is 1. The summed E-state index contributed by atoms with van der Waals surface area (Å²) < 4.78 is 38.8. The van der Waals surface area contributed by atoms with Gasteiger partial charge in [0.2, 0.25) is 0 Å². The Kier molecular flexibility index (Phi) is 4.05. The smallest absolute Gasteiger partial charge is 0.287 e. The molecule has 0 aromatic carbocycles. The van der Waals surface area contributed by atoms with Crippen molar-refractivity contribution in [1.29, 1.82) is 0 Å². The minimum Gasteiger partial charge on any atom is -0.390 e. The number of rotatable bonds is 5. The second-order valence-corrected chi connectivity index (χ2v) is 3.20. The Morgan fingerprint density at radius 1 is 1.44 bits per heavy atom. The number of aliphatic hydroxyl groups excluding tert-OH is 1. The van der Waals surface area contributed by atoms with Crippen molar-refractivity contribution in [3.05, 3.63) is 17.8 Å². The fraction of sp³-hybridized carbons (Fsp3) is 0.556. The average Bonchev–Trinajstić information content (AvgIpc) is 2.28. The molecule has 0 unspecified atom stereocenters. The van der Waals surface area contributed by atoms with Crippen molar-refractivity contribution in [3.8, 4) is 0 Å². The monoisotopic (exact) mass is 235 g/mol. The van der Waals surface area contributed by atoms with Crippen molar-refractivity contribution in [2.24, 2.45) is 0 Å². The standard InChI is InChI=1S/C9H12F3N3O/c1-2-6-7(10)8(15-5-14-6)13-3-9(11,12)4-16/h5,16H,2-4H2,1H3,(H,13,14,15). The fourth-order valence-electron chi connectivity index (χ4n) is 1.04. The van der Waals surface area contributed by atoms with Gasteiger partial charge in [-0.2, -0.15) is 0 Å². The number of hydrogen-bond acceptors (Lipinski definition) is 4. The van der Waals surface area contributed by atoms with Crippen LogP contribution in [0, 0.1) is 5.82 Å². The zero-order valence-corrected chi connectivity index (χ0v) is 8.67. The largest absolute Gasteiger partial charge is 0.390 e. The molecule has 0 aliphatic carbocycles. The van der Waals surface area contributed by atoms with Gasteiger partial charge < -0.3 is 10.4 Å². The minimum atomic E-state index is -3.30. The molecular weight excluding hydrogens is 223 g/mol. The van der Waals surface area contributed by atoms with Crippen LogP contribution in [0.2, 0.25) is 0 Å². The molecule has 0 saturated carbocycles. The third-order valence-corrected chi connectivity index (χ3v) is 1.94. The summed E-state index contributed by atoms with van der Waals surface area (Å²) in [6.07, 6.45) is 1.45. The molecule has 1 heterocycles. The molecule has 1 aromatic heterocycles. The second kappa shape index (κ2) is 5.11. The molecule has 90 valence electrons. The van der Waals surface area contributed by atoms with Crippen LogP contribution >= 0.6 is 0 Å². The molecule has 0 aliphatic heterocycles. The number of nitrogens with zero attached hydrogens (tertiary/aromatic N) is 2. The van der Waals surface area contributed by atoms with E-state index in [1.165, 1.54) is 0 Å². The lowest BCUT2D eigenvalue weighted by Gasteiger charge is -2.14. The highest BCUT2D eigenvalue weighted by Gasteiger charge is 2.28. The Morgan fingerprint density at radius 2 is 2.12 bits per heavy atom. The quantitative estimate of drug-likeness (QED) is 0.805. The molecule has 7 heteroatoms. The van der Waals surface area contributed by atoms with E-state index < -0.39 is 24.9 Å². The SMILES string of the molecule is CCc1ncnc(NCC(F)(F)CO)c1F. The Bertz CT molecular complexity index is 360. The summed E-state index contributed by atoms with van der Waals surface area (Å²) in [6, 6.07) is 0. The molecule has 1 rings (SSSR count). The van der Waals surface area contributed by atoms with Crippen molar-refractivity contribution in [2.75, 3.05) is 18.5 Å². The van der Waals surface area contributed by atoms with Crippen molar-refractivity contribution in [2.45, 2.75) is 19.3 Å². The molecule has 0 atom stereocenters. The molecule has 2 N–H and O–H groups in total. The number of aliphatic hydroxyl groups is 1. The summed E-state index contributed by atoms with van der Waals surface area (Å²) in [4.78, 5) is 7.17. The zero-order chi connectivity index (χ0) is 12.2. The molecular formula is C9H12F3N3O. The first-order valence-corrected chi connectivity index (χ1v) is 4.72. The van der Waals surface area contributed by atoms with E-state index in [1.54, 1.807) is 6.92 Å². The van der Waals surface area contributed by atoms with Gasteiger partial charge in [0, 0.05) is 0 Å². The number of halogens is 3. The lowest BCUT2D eigenvalue weighted by Crippen LogP contribution is -2.31. The van der Waals surface area contributed by atoms with Gasteiger partial charge in [0.1, 0.15) is 12.9 Å². The van der Waals surface area contributed by atoms with E-state index in [4.69, 9.17) is 5.11 Å². The fourth-order valence-corrected chi connectivity index (χ4v) is 1.04. The molecule has 0 spiro atoms. The van der Waals surface area contributed by atoms with Crippen LogP contribution < -0.4 is 5.32 Å². The topological polar surface area (TPSA) is 58.0 Å². The average molecular weight is 235 g/mol. The van der Waals surface area contributed by atoms with E-state index in [0.29, 0.717) is 6.42 Å². The van der Waals surface area contributed by atoms with E-state index in [0.717, 1.165) is 6.33 Å². The number of nitrogens with one attached hydrogen (secondary N) is 1. The molecule has 0 saturated heterocycles. The first kappa shape index (κ1) is 12.7. The number of aromatic nitrogens is 2. The lowest BCUT2D eigenvalue weighted by molar-refractivity contribution is -0.0373. The number of hydrogen-bond donors (Lipinski definition) is 2. The normalized spacial score (nSPS) is 11.6. The third kappa shape index (κ3) is 3.06. The van der Waals surface area contributed by atoms with Crippen LogP contribution in [0.25, 0.3) is 0 Å². The first-order valence-electron chi connectivity index (χ1n) is 4.72. The van der Waals surface area contributed by atoms with Gasteiger partial charge in [-0.05, 0) is 6.42 Å². The molecule has 4 nitrogen and oxygen atoms in total. The predicted octanol–water partition coefficient (Wildman–Crippen LogP) is 1.22. The first-order chi connectivity index (χ1) is 7.50. The van der Waals surface area contributed by atoms with Crippen LogP contribution in [0.4, 0.5) is 19.0 Å². The predicted molar refractivity (Wildman–Crippen MR) is 51.9 cm³/mol. The van der Waals surface area contributed by atoms with Crippen molar-refractivity contribution < 1.29 is 18.3 Å². The van der Waals surface area contributed by atoms with Crippen molar-refractivity contribution in [3.63, 3.8) is 0 Å². The summed E-state index contributed by atoms with van der Waals surface area (Å²) in [6.45, 7) is -0.481.